The van der Waals surface area contributed by atoms with Gasteiger partial charge >= 0.3 is 0 Å². The molecule has 4 heteroatoms. The summed E-state index contributed by atoms with van der Waals surface area (Å²) in [4.78, 5) is 14.8. The molecule has 0 aliphatic rings. The third kappa shape index (κ3) is 3.90. The minimum Gasteiger partial charge on any atom is -0.392 e. The van der Waals surface area contributed by atoms with Gasteiger partial charge in [-0.2, -0.15) is 0 Å². The molecule has 0 radical (unpaired) electrons. The number of ketones is 1. The van der Waals surface area contributed by atoms with Crippen molar-refractivity contribution in [2.24, 2.45) is 0 Å². The minimum atomic E-state index is -0.131. The van der Waals surface area contributed by atoms with Crippen molar-refractivity contribution in [3.63, 3.8) is 0 Å². The molecule has 0 saturated heterocycles. The Morgan fingerprint density at radius 1 is 1.10 bits per heavy atom. The van der Waals surface area contributed by atoms with E-state index < -0.39 is 0 Å². The van der Waals surface area contributed by atoms with E-state index in [2.05, 4.69) is 22.6 Å². The topological polar surface area (TPSA) is 40.5 Å². The van der Waals surface area contributed by atoms with Crippen LogP contribution in [-0.4, -0.2) is 29.9 Å². The lowest BCUT2D eigenvalue weighted by Crippen LogP contribution is -2.15. The Morgan fingerprint density at radius 3 is 2.43 bits per heavy atom. The molecule has 2 aromatic rings. The first-order chi connectivity index (χ1) is 10.0. The Morgan fingerprint density at radius 2 is 1.76 bits per heavy atom. The van der Waals surface area contributed by atoms with Gasteiger partial charge in [-0.05, 0) is 66.0 Å². The predicted octanol–water partition coefficient (Wildman–Crippen LogP) is 3.08. The fourth-order valence-corrected chi connectivity index (χ4v) is 2.84. The molecule has 0 fully saturated rings. The van der Waals surface area contributed by atoms with Crippen LogP contribution < -0.4 is 0 Å². The zero-order valence-corrected chi connectivity index (χ0v) is 14.3. The van der Waals surface area contributed by atoms with Crippen molar-refractivity contribution in [1.29, 1.82) is 0 Å². The standard InChI is InChI=1S/C17H18INO2/c1-19(2)10-12-5-3-4-6-15(12)17(21)16-8-7-14(18)9-13(16)11-20/h3-9,20H,10-11H2,1-2H3. The first kappa shape index (κ1) is 16.1. The van der Waals surface area contributed by atoms with Gasteiger partial charge in [-0.1, -0.05) is 24.3 Å². The van der Waals surface area contributed by atoms with E-state index in [9.17, 15) is 9.90 Å². The highest BCUT2D eigenvalue weighted by molar-refractivity contribution is 14.1. The Balaban J connectivity index is 2.45. The van der Waals surface area contributed by atoms with Crippen molar-refractivity contribution in [1.82, 2.24) is 4.90 Å². The van der Waals surface area contributed by atoms with Gasteiger partial charge in [-0.3, -0.25) is 4.79 Å². The fraction of sp³-hybridized carbons (Fsp3) is 0.235. The number of aliphatic hydroxyl groups is 1. The van der Waals surface area contributed by atoms with Crippen molar-refractivity contribution in [3.05, 3.63) is 68.3 Å². The van der Waals surface area contributed by atoms with E-state index in [0.717, 1.165) is 9.13 Å². The summed E-state index contributed by atoms with van der Waals surface area (Å²) in [5.74, 6) is -0.0344. The van der Waals surface area contributed by atoms with Gasteiger partial charge in [-0.25, -0.2) is 0 Å². The van der Waals surface area contributed by atoms with Gasteiger partial charge in [0.25, 0.3) is 0 Å². The molecule has 0 bridgehead atoms. The molecule has 0 heterocycles. The molecule has 0 unspecified atom stereocenters. The number of aliphatic hydroxyl groups excluding tert-OH is 1. The largest absolute Gasteiger partial charge is 0.392 e. The second-order valence-corrected chi connectivity index (χ2v) is 6.43. The number of halogens is 1. The Kier molecular flexibility index (Phi) is 5.50. The summed E-state index contributed by atoms with van der Waals surface area (Å²) in [6, 6.07) is 13.2. The van der Waals surface area contributed by atoms with E-state index >= 15 is 0 Å². The lowest BCUT2D eigenvalue weighted by atomic mass is 9.95. The van der Waals surface area contributed by atoms with Gasteiger partial charge < -0.3 is 10.0 Å². The van der Waals surface area contributed by atoms with Crippen LogP contribution in [0.2, 0.25) is 0 Å². The van der Waals surface area contributed by atoms with E-state index in [4.69, 9.17) is 0 Å². The Labute approximate surface area is 138 Å². The highest BCUT2D eigenvalue weighted by Gasteiger charge is 2.16. The zero-order valence-electron chi connectivity index (χ0n) is 12.1. The summed E-state index contributed by atoms with van der Waals surface area (Å²) in [5, 5.41) is 9.49. The van der Waals surface area contributed by atoms with Crippen LogP contribution in [0.25, 0.3) is 0 Å². The predicted molar refractivity (Wildman–Crippen MR) is 92.3 cm³/mol. The number of carbonyl (C=O) groups excluding carboxylic acids is 1. The molecule has 3 nitrogen and oxygen atoms in total. The normalized spacial score (nSPS) is 10.9. The van der Waals surface area contributed by atoms with Gasteiger partial charge in [0.15, 0.2) is 5.78 Å². The highest BCUT2D eigenvalue weighted by Crippen LogP contribution is 2.20. The number of nitrogens with zero attached hydrogens (tertiary/aromatic N) is 1. The number of carbonyl (C=O) groups is 1. The smallest absolute Gasteiger partial charge is 0.193 e. The van der Waals surface area contributed by atoms with E-state index in [0.29, 0.717) is 23.2 Å². The van der Waals surface area contributed by atoms with Crippen molar-refractivity contribution in [2.45, 2.75) is 13.2 Å². The van der Waals surface area contributed by atoms with Crippen molar-refractivity contribution in [3.8, 4) is 0 Å². The lowest BCUT2D eigenvalue weighted by Gasteiger charge is -2.14. The van der Waals surface area contributed by atoms with Crippen LogP contribution in [0.15, 0.2) is 42.5 Å². The van der Waals surface area contributed by atoms with Gasteiger partial charge in [0.2, 0.25) is 0 Å². The summed E-state index contributed by atoms with van der Waals surface area (Å²) < 4.78 is 1.01. The van der Waals surface area contributed by atoms with E-state index in [1.165, 1.54) is 0 Å². The average Bonchev–Trinajstić information content (AvgIpc) is 2.46. The fourth-order valence-electron chi connectivity index (χ4n) is 2.28. The van der Waals surface area contributed by atoms with E-state index in [-0.39, 0.29) is 12.4 Å². The van der Waals surface area contributed by atoms with Crippen LogP contribution in [0.1, 0.15) is 27.0 Å². The van der Waals surface area contributed by atoms with Crippen LogP contribution in [-0.2, 0) is 13.2 Å². The molecule has 0 aromatic heterocycles. The second-order valence-electron chi connectivity index (χ2n) is 5.18. The van der Waals surface area contributed by atoms with Crippen molar-refractivity contribution in [2.75, 3.05) is 14.1 Å². The van der Waals surface area contributed by atoms with Gasteiger partial charge in [0.05, 0.1) is 6.61 Å². The quantitative estimate of drug-likeness (QED) is 0.625. The van der Waals surface area contributed by atoms with Gasteiger partial charge in [-0.15, -0.1) is 0 Å². The molecule has 1 N–H and O–H groups in total. The van der Waals surface area contributed by atoms with E-state index in [1.807, 2.05) is 55.4 Å². The zero-order chi connectivity index (χ0) is 15.4. The van der Waals surface area contributed by atoms with Crippen LogP contribution in [0.4, 0.5) is 0 Å². The molecule has 0 saturated carbocycles. The van der Waals surface area contributed by atoms with E-state index in [1.54, 1.807) is 6.07 Å². The van der Waals surface area contributed by atoms with Gasteiger partial charge in [0.1, 0.15) is 0 Å². The number of hydrogen-bond donors (Lipinski definition) is 1. The molecule has 21 heavy (non-hydrogen) atoms. The first-order valence-electron chi connectivity index (χ1n) is 6.69. The van der Waals surface area contributed by atoms with Crippen molar-refractivity contribution < 1.29 is 9.90 Å². The second kappa shape index (κ2) is 7.15. The summed E-state index contributed by atoms with van der Waals surface area (Å²) in [6.45, 7) is 0.578. The molecular weight excluding hydrogens is 377 g/mol. The number of rotatable bonds is 5. The number of benzene rings is 2. The van der Waals surface area contributed by atoms with Crippen LogP contribution in [0, 0.1) is 3.57 Å². The maximum absolute atomic E-state index is 12.8. The van der Waals surface area contributed by atoms with Crippen LogP contribution in [0.5, 0.6) is 0 Å². The van der Waals surface area contributed by atoms with Crippen LogP contribution in [0.3, 0.4) is 0 Å². The molecule has 0 spiro atoms. The molecule has 0 amide bonds. The number of hydrogen-bond acceptors (Lipinski definition) is 3. The molecular formula is C17H18INO2. The lowest BCUT2D eigenvalue weighted by molar-refractivity contribution is 0.103. The van der Waals surface area contributed by atoms with Crippen molar-refractivity contribution >= 4 is 28.4 Å². The minimum absolute atomic E-state index is 0.0344. The third-order valence-corrected chi connectivity index (χ3v) is 3.90. The summed E-state index contributed by atoms with van der Waals surface area (Å²) >= 11 is 2.18. The average molecular weight is 395 g/mol. The Hall–Kier alpha value is -1.24. The van der Waals surface area contributed by atoms with Gasteiger partial charge in [0, 0.05) is 21.2 Å². The maximum Gasteiger partial charge on any atom is 0.193 e. The van der Waals surface area contributed by atoms with Crippen LogP contribution >= 0.6 is 22.6 Å². The Bertz CT molecular complexity index is 653. The third-order valence-electron chi connectivity index (χ3n) is 3.23. The summed E-state index contributed by atoms with van der Waals surface area (Å²) in [7, 11) is 3.95. The monoisotopic (exact) mass is 395 g/mol. The SMILES string of the molecule is CN(C)Cc1ccccc1C(=O)c1ccc(I)cc1CO. The molecule has 110 valence electrons. The molecule has 2 aromatic carbocycles. The molecule has 0 aliphatic heterocycles. The summed E-state index contributed by atoms with van der Waals surface area (Å²) in [5.41, 5.74) is 2.94. The maximum atomic E-state index is 12.8. The molecule has 0 aliphatic carbocycles. The molecule has 0 atom stereocenters. The molecule has 2 rings (SSSR count). The summed E-state index contributed by atoms with van der Waals surface area (Å²) in [6.07, 6.45) is 0. The highest BCUT2D eigenvalue weighted by atomic mass is 127. The first-order valence-corrected chi connectivity index (χ1v) is 7.77.